The van der Waals surface area contributed by atoms with Crippen LogP contribution in [0.4, 0.5) is 0 Å². The summed E-state index contributed by atoms with van der Waals surface area (Å²) >= 11 is 8.20. The Hall–Kier alpha value is -2.74. The fraction of sp³-hybridized carbons (Fsp3) is 0.111. The zero-order valence-electron chi connectivity index (χ0n) is 17.8. The molecule has 1 aliphatic heterocycles. The monoisotopic (exact) mass is 592 g/mol. The van der Waals surface area contributed by atoms with Gasteiger partial charge in [0.2, 0.25) is 0 Å². The van der Waals surface area contributed by atoms with Crippen molar-refractivity contribution in [2.45, 2.75) is 18.9 Å². The van der Waals surface area contributed by atoms with Crippen molar-refractivity contribution >= 4 is 55.0 Å². The van der Waals surface area contributed by atoms with Crippen LogP contribution in [0.1, 0.15) is 34.7 Å². The van der Waals surface area contributed by atoms with Crippen LogP contribution in [0.15, 0.2) is 91.0 Å². The molecule has 0 saturated heterocycles. The van der Waals surface area contributed by atoms with Gasteiger partial charge in [0.05, 0.1) is 20.7 Å². The molecule has 1 aromatic heterocycles. The van der Waals surface area contributed by atoms with E-state index in [1.165, 1.54) is 22.5 Å². The van der Waals surface area contributed by atoms with Crippen molar-refractivity contribution in [3.63, 3.8) is 0 Å². The van der Waals surface area contributed by atoms with Crippen molar-refractivity contribution in [2.75, 3.05) is 0 Å². The van der Waals surface area contributed by atoms with Crippen LogP contribution in [0.5, 0.6) is 5.75 Å². The maximum Gasteiger partial charge on any atom is 0.271 e. The standard InChI is InChI=1S/C27H18Br2N2O2S/c28-18-12-17(25(32)21(29)14-18)13-22-26(33)31-24(16-7-2-1-3-8-16)20-11-10-15-6-4-5-9-19(15)23(20)30-27(31)34-22/h1-9,12-14,24,32H,10-11H2/b22-13+/t24-/m1/s1. The lowest BCUT2D eigenvalue weighted by Crippen LogP contribution is -2.38. The minimum Gasteiger partial charge on any atom is -0.506 e. The fourth-order valence-corrected chi connectivity index (χ4v) is 7.04. The molecule has 4 aromatic rings. The minimum atomic E-state index is -0.203. The third-order valence-electron chi connectivity index (χ3n) is 6.33. The van der Waals surface area contributed by atoms with Gasteiger partial charge in [0.25, 0.3) is 5.56 Å². The summed E-state index contributed by atoms with van der Waals surface area (Å²) < 4.78 is 3.73. The SMILES string of the molecule is O=c1/c(=C\c2cc(Br)cc(Br)c2O)sc2n1[C@H](c1ccccc1)C1=C(N=2)c2ccccc2CC1. The number of benzene rings is 3. The molecular weight excluding hydrogens is 576 g/mol. The summed E-state index contributed by atoms with van der Waals surface area (Å²) in [5.41, 5.74) is 6.14. The lowest BCUT2D eigenvalue weighted by atomic mass is 9.83. The third-order valence-corrected chi connectivity index (χ3v) is 8.38. The van der Waals surface area contributed by atoms with Crippen LogP contribution in [0.3, 0.4) is 0 Å². The Bertz CT molecular complexity index is 1670. The van der Waals surface area contributed by atoms with Gasteiger partial charge in [0.15, 0.2) is 4.80 Å². The molecule has 1 N–H and O–H groups in total. The first kappa shape index (κ1) is 21.8. The Balaban J connectivity index is 1.64. The molecule has 168 valence electrons. The molecule has 0 radical (unpaired) electrons. The highest BCUT2D eigenvalue weighted by Gasteiger charge is 2.32. The summed E-state index contributed by atoms with van der Waals surface area (Å²) in [6.07, 6.45) is 3.53. The average molecular weight is 594 g/mol. The first-order valence-electron chi connectivity index (χ1n) is 10.9. The molecule has 3 aromatic carbocycles. The third kappa shape index (κ3) is 3.54. The predicted octanol–water partition coefficient (Wildman–Crippen LogP) is 5.55. The molecule has 1 atom stereocenters. The Morgan fingerprint density at radius 3 is 2.62 bits per heavy atom. The highest BCUT2D eigenvalue weighted by atomic mass is 79.9. The van der Waals surface area contributed by atoms with E-state index in [0.717, 1.165) is 34.1 Å². The quantitative estimate of drug-likeness (QED) is 0.331. The molecule has 7 heteroatoms. The Labute approximate surface area is 216 Å². The van der Waals surface area contributed by atoms with Crippen molar-refractivity contribution < 1.29 is 5.11 Å². The van der Waals surface area contributed by atoms with E-state index in [0.29, 0.717) is 19.4 Å². The van der Waals surface area contributed by atoms with E-state index in [1.54, 1.807) is 18.2 Å². The molecule has 0 saturated carbocycles. The summed E-state index contributed by atoms with van der Waals surface area (Å²) in [4.78, 5) is 19.5. The average Bonchev–Trinajstić information content (AvgIpc) is 3.16. The van der Waals surface area contributed by atoms with Gasteiger partial charge in [-0.15, -0.1) is 0 Å². The molecule has 0 spiro atoms. The summed E-state index contributed by atoms with van der Waals surface area (Å²) in [6.45, 7) is 0. The van der Waals surface area contributed by atoms with Crippen LogP contribution >= 0.6 is 43.2 Å². The molecule has 1 aliphatic carbocycles. The first-order valence-corrected chi connectivity index (χ1v) is 13.3. The van der Waals surface area contributed by atoms with Gasteiger partial charge in [-0.1, -0.05) is 81.9 Å². The van der Waals surface area contributed by atoms with E-state index >= 15 is 0 Å². The highest BCUT2D eigenvalue weighted by molar-refractivity contribution is 9.11. The van der Waals surface area contributed by atoms with Crippen molar-refractivity contribution in [2.24, 2.45) is 4.99 Å². The number of aromatic hydroxyl groups is 1. The molecule has 0 unspecified atom stereocenters. The second kappa shape index (κ2) is 8.48. The molecule has 34 heavy (non-hydrogen) atoms. The van der Waals surface area contributed by atoms with Crippen LogP contribution in [-0.4, -0.2) is 9.67 Å². The van der Waals surface area contributed by atoms with Gasteiger partial charge < -0.3 is 5.11 Å². The van der Waals surface area contributed by atoms with Crippen LogP contribution in [0.2, 0.25) is 0 Å². The van der Waals surface area contributed by atoms with E-state index in [2.05, 4.69) is 62.2 Å². The number of halogens is 2. The van der Waals surface area contributed by atoms with Crippen molar-refractivity contribution in [3.8, 4) is 5.75 Å². The highest BCUT2D eigenvalue weighted by Crippen LogP contribution is 2.41. The molecular formula is C27H18Br2N2O2S. The predicted molar refractivity (Wildman–Crippen MR) is 143 cm³/mol. The summed E-state index contributed by atoms with van der Waals surface area (Å²) in [5, 5.41) is 10.5. The first-order chi connectivity index (χ1) is 16.5. The Morgan fingerprint density at radius 1 is 1.03 bits per heavy atom. The van der Waals surface area contributed by atoms with Crippen molar-refractivity contribution in [3.05, 3.63) is 123 Å². The van der Waals surface area contributed by atoms with Crippen LogP contribution in [-0.2, 0) is 6.42 Å². The molecule has 6 rings (SSSR count). The number of aromatic nitrogens is 1. The van der Waals surface area contributed by atoms with E-state index in [4.69, 9.17) is 4.99 Å². The number of phenols is 1. The number of phenolic OH excluding ortho intramolecular Hbond substituents is 1. The maximum atomic E-state index is 13.8. The smallest absolute Gasteiger partial charge is 0.271 e. The van der Waals surface area contributed by atoms with E-state index in [9.17, 15) is 9.90 Å². The topological polar surface area (TPSA) is 54.6 Å². The number of allylic oxidation sites excluding steroid dienone is 1. The summed E-state index contributed by atoms with van der Waals surface area (Å²) in [7, 11) is 0. The number of thiazole rings is 1. The Kier molecular flexibility index (Phi) is 5.43. The fourth-order valence-electron chi connectivity index (χ4n) is 4.79. The lowest BCUT2D eigenvalue weighted by Gasteiger charge is -2.30. The molecule has 0 fully saturated rings. The number of aryl methyl sites for hydroxylation is 1. The van der Waals surface area contributed by atoms with E-state index in [1.807, 2.05) is 28.8 Å². The van der Waals surface area contributed by atoms with Crippen LogP contribution in [0, 0.1) is 0 Å². The van der Waals surface area contributed by atoms with Gasteiger partial charge >= 0.3 is 0 Å². The largest absolute Gasteiger partial charge is 0.506 e. The minimum absolute atomic E-state index is 0.0986. The molecule has 2 aliphatic rings. The molecule has 0 bridgehead atoms. The van der Waals surface area contributed by atoms with Gasteiger partial charge in [-0.25, -0.2) is 4.99 Å². The number of hydrogen-bond donors (Lipinski definition) is 1. The van der Waals surface area contributed by atoms with E-state index in [-0.39, 0.29) is 17.4 Å². The van der Waals surface area contributed by atoms with Crippen LogP contribution in [0.25, 0.3) is 11.8 Å². The van der Waals surface area contributed by atoms with Gasteiger partial charge in [-0.2, -0.15) is 0 Å². The summed E-state index contributed by atoms with van der Waals surface area (Å²) in [6, 6.07) is 21.9. The van der Waals surface area contributed by atoms with Gasteiger partial charge in [0, 0.05) is 15.6 Å². The number of hydrogen-bond acceptors (Lipinski definition) is 4. The Morgan fingerprint density at radius 2 is 1.79 bits per heavy atom. The number of fused-ring (bicyclic) bond motifs is 3. The summed E-state index contributed by atoms with van der Waals surface area (Å²) in [5.74, 6) is 0.0990. The van der Waals surface area contributed by atoms with Gasteiger partial charge in [0.1, 0.15) is 5.75 Å². The molecule has 2 heterocycles. The maximum absolute atomic E-state index is 13.8. The van der Waals surface area contributed by atoms with Crippen molar-refractivity contribution in [1.82, 2.24) is 4.57 Å². The van der Waals surface area contributed by atoms with E-state index < -0.39 is 0 Å². The normalized spacial score (nSPS) is 17.1. The zero-order chi connectivity index (χ0) is 23.4. The van der Waals surface area contributed by atoms with Gasteiger partial charge in [-0.05, 0) is 63.7 Å². The zero-order valence-corrected chi connectivity index (χ0v) is 21.8. The number of rotatable bonds is 2. The molecule has 0 amide bonds. The van der Waals surface area contributed by atoms with Crippen LogP contribution < -0.4 is 14.9 Å². The second-order valence-electron chi connectivity index (χ2n) is 8.35. The van der Waals surface area contributed by atoms with Gasteiger partial charge in [-0.3, -0.25) is 9.36 Å². The second-order valence-corrected chi connectivity index (χ2v) is 11.1. The van der Waals surface area contributed by atoms with Crippen molar-refractivity contribution in [1.29, 1.82) is 0 Å². The lowest BCUT2D eigenvalue weighted by molar-refractivity contribution is 0.470. The number of nitrogens with zero attached hydrogens (tertiary/aromatic N) is 2. The molecule has 4 nitrogen and oxygen atoms in total.